The number of carbonyl (C=O) groups excluding carboxylic acids is 1. The first-order valence-corrected chi connectivity index (χ1v) is 8.37. The second kappa shape index (κ2) is 5.31. The lowest BCUT2D eigenvalue weighted by Crippen LogP contribution is -2.41. The number of aromatic nitrogens is 1. The molecule has 0 spiro atoms. The molecule has 1 aliphatic carbocycles. The first-order valence-electron chi connectivity index (χ1n) is 7.99. The summed E-state index contributed by atoms with van der Waals surface area (Å²) in [5.74, 6) is -1.85. The van der Waals surface area contributed by atoms with Gasteiger partial charge >= 0.3 is 5.97 Å². The normalized spacial score (nSPS) is 29.2. The van der Waals surface area contributed by atoms with E-state index in [9.17, 15) is 19.1 Å². The smallest absolute Gasteiger partial charge is 0.314 e. The van der Waals surface area contributed by atoms with Crippen molar-refractivity contribution in [2.24, 2.45) is 17.3 Å². The summed E-state index contributed by atoms with van der Waals surface area (Å²) in [6, 6.07) is 1.15. The van der Waals surface area contributed by atoms with Crippen LogP contribution < -0.4 is 4.90 Å². The summed E-state index contributed by atoms with van der Waals surface area (Å²) in [5.41, 5.74) is -1.19. The lowest BCUT2D eigenvalue weighted by molar-refractivity contribution is -0.149. The average molecular weight is 354 g/mol. The molecular weight excluding hydrogens is 337 g/mol. The number of anilines is 1. The molecular formula is C16H17ClFN3O3. The number of amides is 1. The van der Waals surface area contributed by atoms with Gasteiger partial charge in [0.05, 0.1) is 10.9 Å². The summed E-state index contributed by atoms with van der Waals surface area (Å²) in [5, 5.41) is 9.97. The number of rotatable bonds is 4. The number of likely N-dealkylation sites (tertiary alicyclic amines) is 1. The SMILES string of the molecule is O=C1[C@H]2CN(c3ncc(Cl)cc3F)C[C@@]2(C(=O)O)CN1CC1CC1. The molecule has 3 heterocycles. The maximum Gasteiger partial charge on any atom is 0.314 e. The highest BCUT2D eigenvalue weighted by Gasteiger charge is 2.62. The van der Waals surface area contributed by atoms with Crippen molar-refractivity contribution in [1.29, 1.82) is 0 Å². The number of aliphatic carboxylic acids is 1. The number of pyridine rings is 1. The van der Waals surface area contributed by atoms with Crippen LogP contribution in [0.25, 0.3) is 0 Å². The molecule has 2 saturated heterocycles. The molecule has 1 saturated carbocycles. The Labute approximate surface area is 143 Å². The molecule has 0 bridgehead atoms. The highest BCUT2D eigenvalue weighted by atomic mass is 35.5. The minimum atomic E-state index is -1.19. The number of halogens is 2. The van der Waals surface area contributed by atoms with E-state index in [1.165, 1.54) is 6.20 Å². The summed E-state index contributed by atoms with van der Waals surface area (Å²) in [7, 11) is 0. The van der Waals surface area contributed by atoms with Crippen LogP contribution in [0.3, 0.4) is 0 Å². The molecule has 1 aromatic heterocycles. The molecule has 2 aliphatic heterocycles. The van der Waals surface area contributed by atoms with E-state index in [-0.39, 0.29) is 36.4 Å². The lowest BCUT2D eigenvalue weighted by atomic mass is 9.81. The molecule has 3 fully saturated rings. The summed E-state index contributed by atoms with van der Waals surface area (Å²) < 4.78 is 14.1. The van der Waals surface area contributed by atoms with Crippen molar-refractivity contribution >= 4 is 29.3 Å². The third-order valence-electron chi connectivity index (χ3n) is 5.32. The van der Waals surface area contributed by atoms with E-state index in [4.69, 9.17) is 11.6 Å². The number of carbonyl (C=O) groups is 2. The van der Waals surface area contributed by atoms with Crippen LogP contribution in [0.15, 0.2) is 12.3 Å². The van der Waals surface area contributed by atoms with E-state index < -0.39 is 23.1 Å². The highest BCUT2D eigenvalue weighted by Crippen LogP contribution is 2.46. The van der Waals surface area contributed by atoms with Gasteiger partial charge in [-0.05, 0) is 24.8 Å². The highest BCUT2D eigenvalue weighted by molar-refractivity contribution is 6.30. The number of carboxylic acids is 1. The summed E-state index contributed by atoms with van der Waals surface area (Å²) >= 11 is 5.72. The van der Waals surface area contributed by atoms with Gasteiger partial charge in [-0.2, -0.15) is 0 Å². The van der Waals surface area contributed by atoms with Gasteiger partial charge in [-0.1, -0.05) is 11.6 Å². The van der Waals surface area contributed by atoms with E-state index >= 15 is 0 Å². The van der Waals surface area contributed by atoms with E-state index in [0.717, 1.165) is 18.9 Å². The van der Waals surface area contributed by atoms with Gasteiger partial charge in [-0.15, -0.1) is 0 Å². The van der Waals surface area contributed by atoms with Gasteiger partial charge in [-0.25, -0.2) is 9.37 Å². The predicted octanol–water partition coefficient (Wildman–Crippen LogP) is 1.63. The lowest BCUT2D eigenvalue weighted by Gasteiger charge is -2.26. The zero-order valence-electron chi connectivity index (χ0n) is 12.9. The first-order chi connectivity index (χ1) is 11.4. The van der Waals surface area contributed by atoms with Gasteiger partial charge in [-0.3, -0.25) is 9.59 Å². The Bertz CT molecular complexity index is 727. The Hall–Kier alpha value is -1.89. The molecule has 0 aromatic carbocycles. The fourth-order valence-electron chi connectivity index (χ4n) is 3.88. The number of carboxylic acid groups (broad SMARTS) is 1. The molecule has 1 amide bonds. The maximum atomic E-state index is 14.1. The molecule has 128 valence electrons. The fraction of sp³-hybridized carbons (Fsp3) is 0.562. The van der Waals surface area contributed by atoms with E-state index in [2.05, 4.69) is 4.98 Å². The fourth-order valence-corrected chi connectivity index (χ4v) is 4.02. The molecule has 24 heavy (non-hydrogen) atoms. The van der Waals surface area contributed by atoms with Gasteiger partial charge in [0.25, 0.3) is 0 Å². The monoisotopic (exact) mass is 353 g/mol. The van der Waals surface area contributed by atoms with Crippen LogP contribution >= 0.6 is 11.6 Å². The Morgan fingerprint density at radius 1 is 1.46 bits per heavy atom. The number of nitrogens with zero attached hydrogens (tertiary/aromatic N) is 3. The largest absolute Gasteiger partial charge is 0.481 e. The van der Waals surface area contributed by atoms with Crippen LogP contribution in [0, 0.1) is 23.1 Å². The molecule has 3 aliphatic rings. The summed E-state index contributed by atoms with van der Waals surface area (Å²) in [6.07, 6.45) is 3.52. The van der Waals surface area contributed by atoms with Crippen molar-refractivity contribution < 1.29 is 19.1 Å². The topological polar surface area (TPSA) is 73.7 Å². The van der Waals surface area contributed by atoms with Crippen LogP contribution in [0.1, 0.15) is 12.8 Å². The zero-order chi connectivity index (χ0) is 17.1. The van der Waals surface area contributed by atoms with Crippen LogP contribution in [-0.4, -0.2) is 53.0 Å². The second-order valence-electron chi connectivity index (χ2n) is 7.02. The minimum Gasteiger partial charge on any atom is -0.481 e. The van der Waals surface area contributed by atoms with Crippen LogP contribution in [0.5, 0.6) is 0 Å². The zero-order valence-corrected chi connectivity index (χ0v) is 13.7. The Balaban J connectivity index is 1.62. The Morgan fingerprint density at radius 2 is 2.21 bits per heavy atom. The van der Waals surface area contributed by atoms with Crippen molar-refractivity contribution in [3.8, 4) is 0 Å². The van der Waals surface area contributed by atoms with Gasteiger partial charge in [0.1, 0.15) is 5.41 Å². The molecule has 4 rings (SSSR count). The van der Waals surface area contributed by atoms with E-state index in [0.29, 0.717) is 12.5 Å². The molecule has 1 aromatic rings. The van der Waals surface area contributed by atoms with Gasteiger partial charge in [0, 0.05) is 32.4 Å². The predicted molar refractivity (Wildman–Crippen MR) is 84.3 cm³/mol. The van der Waals surface area contributed by atoms with Crippen molar-refractivity contribution in [2.45, 2.75) is 12.8 Å². The molecule has 6 nitrogen and oxygen atoms in total. The quantitative estimate of drug-likeness (QED) is 0.890. The average Bonchev–Trinajstić information content (AvgIpc) is 3.18. The summed E-state index contributed by atoms with van der Waals surface area (Å²) in [4.78, 5) is 31.9. The van der Waals surface area contributed by atoms with Crippen LogP contribution in [0.4, 0.5) is 10.2 Å². The van der Waals surface area contributed by atoms with Gasteiger partial charge in [0.15, 0.2) is 11.6 Å². The minimum absolute atomic E-state index is 0.0518. The van der Waals surface area contributed by atoms with Crippen molar-refractivity contribution in [3.05, 3.63) is 23.1 Å². The van der Waals surface area contributed by atoms with Crippen molar-refractivity contribution in [3.63, 3.8) is 0 Å². The van der Waals surface area contributed by atoms with Gasteiger partial charge < -0.3 is 14.9 Å². The third kappa shape index (κ3) is 2.33. The van der Waals surface area contributed by atoms with Crippen LogP contribution in [-0.2, 0) is 9.59 Å². The number of hydrogen-bond donors (Lipinski definition) is 1. The molecule has 2 atom stereocenters. The molecule has 0 radical (unpaired) electrons. The molecule has 8 heteroatoms. The molecule has 1 N–H and O–H groups in total. The molecule has 0 unspecified atom stereocenters. The van der Waals surface area contributed by atoms with Gasteiger partial charge in [0.2, 0.25) is 5.91 Å². The Morgan fingerprint density at radius 3 is 2.79 bits per heavy atom. The van der Waals surface area contributed by atoms with Crippen LogP contribution in [0.2, 0.25) is 5.02 Å². The van der Waals surface area contributed by atoms with Crippen molar-refractivity contribution in [1.82, 2.24) is 9.88 Å². The second-order valence-corrected chi connectivity index (χ2v) is 7.45. The maximum absolute atomic E-state index is 14.1. The Kier molecular flexibility index (Phi) is 3.46. The van der Waals surface area contributed by atoms with E-state index in [1.54, 1.807) is 9.80 Å². The third-order valence-corrected chi connectivity index (χ3v) is 5.52. The van der Waals surface area contributed by atoms with E-state index in [1.807, 2.05) is 0 Å². The first kappa shape index (κ1) is 15.6. The number of fused-ring (bicyclic) bond motifs is 1. The summed E-state index contributed by atoms with van der Waals surface area (Å²) in [6.45, 7) is 1.06. The number of hydrogen-bond acceptors (Lipinski definition) is 4. The standard InChI is InChI=1S/C16H17ClFN3O3/c17-10-3-12(18)13(19-4-10)20-6-11-14(22)21(5-9-1-2-9)8-16(11,7-20)15(23)24/h3-4,9,11H,1-2,5-8H2,(H,23,24)/t11-,16-/m1/s1. The van der Waals surface area contributed by atoms with Crippen molar-refractivity contribution in [2.75, 3.05) is 31.1 Å².